The minimum atomic E-state index is -1.08. The van der Waals surface area contributed by atoms with Gasteiger partial charge in [0.25, 0.3) is 0 Å². The van der Waals surface area contributed by atoms with E-state index in [2.05, 4.69) is 5.32 Å². The Morgan fingerprint density at radius 1 is 1.38 bits per heavy atom. The Bertz CT molecular complexity index is 556. The Balaban J connectivity index is 2.11. The second kappa shape index (κ2) is 6.35. The summed E-state index contributed by atoms with van der Waals surface area (Å²) >= 11 is 5.89. The van der Waals surface area contributed by atoms with Crippen molar-refractivity contribution in [3.8, 4) is 0 Å². The van der Waals surface area contributed by atoms with Crippen LogP contribution in [0.25, 0.3) is 0 Å². The van der Waals surface area contributed by atoms with Crippen molar-refractivity contribution in [2.45, 2.75) is 32.7 Å². The van der Waals surface area contributed by atoms with Crippen molar-refractivity contribution < 1.29 is 14.7 Å². The maximum atomic E-state index is 12.3. The normalized spacial score (nSPS) is 14.1. The molecule has 0 radical (unpaired) electrons. The fraction of sp³-hybridized carbons (Fsp3) is 0.467. The first-order valence-corrected chi connectivity index (χ1v) is 7.36. The average Bonchev–Trinajstić information content (AvgIpc) is 3.18. The number of hydrogen-bond acceptors (Lipinski definition) is 2. The predicted molar refractivity (Wildman–Crippen MR) is 82.0 cm³/mol. The molecule has 1 aromatic rings. The molecule has 0 bridgehead atoms. The Kier molecular flexibility index (Phi) is 4.73. The minimum Gasteiger partial charge on any atom is -0.478 e. The zero-order valence-corrected chi connectivity index (χ0v) is 12.9. The van der Waals surface area contributed by atoms with Crippen LogP contribution in [-0.2, 0) is 0 Å². The van der Waals surface area contributed by atoms with Gasteiger partial charge in [-0.25, -0.2) is 9.59 Å². The van der Waals surface area contributed by atoms with E-state index in [1.807, 2.05) is 13.8 Å². The number of carbonyl (C=O) groups is 2. The molecule has 0 atom stereocenters. The summed E-state index contributed by atoms with van der Waals surface area (Å²) < 4.78 is 0. The Morgan fingerprint density at radius 3 is 2.57 bits per heavy atom. The van der Waals surface area contributed by atoms with Gasteiger partial charge in [-0.1, -0.05) is 11.6 Å². The number of carboxylic acid groups (broad SMARTS) is 1. The van der Waals surface area contributed by atoms with E-state index in [-0.39, 0.29) is 22.7 Å². The van der Waals surface area contributed by atoms with Gasteiger partial charge in [0.1, 0.15) is 0 Å². The third kappa shape index (κ3) is 4.36. The summed E-state index contributed by atoms with van der Waals surface area (Å²) in [6.07, 6.45) is 2.33. The van der Waals surface area contributed by atoms with Gasteiger partial charge < -0.3 is 15.3 Å². The van der Waals surface area contributed by atoms with Crippen LogP contribution in [0.15, 0.2) is 18.2 Å². The van der Waals surface area contributed by atoms with E-state index in [4.69, 9.17) is 16.7 Å². The smallest absolute Gasteiger partial charge is 0.335 e. The lowest BCUT2D eigenvalue weighted by atomic mass is 10.2. The van der Waals surface area contributed by atoms with Crippen LogP contribution in [-0.4, -0.2) is 34.6 Å². The Labute approximate surface area is 128 Å². The van der Waals surface area contributed by atoms with Gasteiger partial charge in [0.05, 0.1) is 5.56 Å². The molecule has 1 aliphatic rings. The summed E-state index contributed by atoms with van der Waals surface area (Å²) in [7, 11) is 0. The number of rotatable bonds is 5. The summed E-state index contributed by atoms with van der Waals surface area (Å²) in [5.41, 5.74) is 0.447. The lowest BCUT2D eigenvalue weighted by Crippen LogP contribution is -2.41. The van der Waals surface area contributed by atoms with Crippen LogP contribution in [0.1, 0.15) is 37.0 Å². The maximum Gasteiger partial charge on any atom is 0.335 e. The lowest BCUT2D eigenvalue weighted by Gasteiger charge is -2.27. The van der Waals surface area contributed by atoms with E-state index >= 15 is 0 Å². The molecule has 2 amide bonds. The van der Waals surface area contributed by atoms with E-state index in [9.17, 15) is 9.59 Å². The molecule has 0 saturated heterocycles. The van der Waals surface area contributed by atoms with E-state index in [1.54, 1.807) is 11.0 Å². The van der Waals surface area contributed by atoms with E-state index in [0.717, 1.165) is 19.4 Å². The van der Waals surface area contributed by atoms with Crippen molar-refractivity contribution in [1.82, 2.24) is 4.90 Å². The fourth-order valence-electron chi connectivity index (χ4n) is 2.09. The van der Waals surface area contributed by atoms with Gasteiger partial charge in [0, 0.05) is 23.3 Å². The summed E-state index contributed by atoms with van der Waals surface area (Å²) in [5, 5.41) is 12.0. The number of aromatic carboxylic acids is 1. The van der Waals surface area contributed by atoms with Gasteiger partial charge in [-0.05, 0) is 50.8 Å². The third-order valence-electron chi connectivity index (χ3n) is 3.43. The Hall–Kier alpha value is -1.75. The zero-order valence-electron chi connectivity index (χ0n) is 12.1. The summed E-state index contributed by atoms with van der Waals surface area (Å²) in [4.78, 5) is 25.1. The van der Waals surface area contributed by atoms with E-state index in [1.165, 1.54) is 12.1 Å². The number of nitrogens with one attached hydrogen (secondary N) is 1. The molecular weight excluding hydrogens is 292 g/mol. The largest absolute Gasteiger partial charge is 0.478 e. The van der Waals surface area contributed by atoms with Crippen LogP contribution in [0, 0.1) is 5.92 Å². The number of anilines is 1. The quantitative estimate of drug-likeness (QED) is 0.871. The molecule has 1 aromatic carbocycles. The van der Waals surface area contributed by atoms with Crippen LogP contribution >= 0.6 is 11.6 Å². The van der Waals surface area contributed by atoms with E-state index < -0.39 is 5.97 Å². The molecule has 0 unspecified atom stereocenters. The third-order valence-corrected chi connectivity index (χ3v) is 3.65. The molecule has 1 fully saturated rings. The molecule has 1 aliphatic carbocycles. The molecule has 114 valence electrons. The van der Waals surface area contributed by atoms with Crippen LogP contribution in [0.5, 0.6) is 0 Å². The molecule has 2 rings (SSSR count). The molecule has 2 N–H and O–H groups in total. The SMILES string of the molecule is CC(C)N(CC1CC1)C(=O)Nc1cc(Cl)cc(C(=O)O)c1. The molecule has 0 aromatic heterocycles. The van der Waals surface area contributed by atoms with Crippen molar-refractivity contribution in [3.63, 3.8) is 0 Å². The standard InChI is InChI=1S/C15H19ClN2O3/c1-9(2)18(8-10-3-4-10)15(21)17-13-6-11(14(19)20)5-12(16)7-13/h5-7,9-10H,3-4,8H2,1-2H3,(H,17,21)(H,19,20). The van der Waals surface area contributed by atoms with Crippen LogP contribution in [0.3, 0.4) is 0 Å². The van der Waals surface area contributed by atoms with Crippen LogP contribution < -0.4 is 5.32 Å². The van der Waals surface area contributed by atoms with Gasteiger partial charge in [-0.3, -0.25) is 0 Å². The maximum absolute atomic E-state index is 12.3. The summed E-state index contributed by atoms with van der Waals surface area (Å²) in [6.45, 7) is 4.65. The second-order valence-electron chi connectivity index (χ2n) is 5.65. The van der Waals surface area contributed by atoms with Gasteiger partial charge in [0.2, 0.25) is 0 Å². The first-order chi connectivity index (χ1) is 9.86. The number of halogens is 1. The molecule has 21 heavy (non-hydrogen) atoms. The molecule has 6 heteroatoms. The van der Waals surface area contributed by atoms with Crippen LogP contribution in [0.4, 0.5) is 10.5 Å². The van der Waals surface area contributed by atoms with Gasteiger partial charge in [0.15, 0.2) is 0 Å². The van der Waals surface area contributed by atoms with Crippen molar-refractivity contribution in [3.05, 3.63) is 28.8 Å². The predicted octanol–water partition coefficient (Wildman–Crippen LogP) is 3.69. The molecule has 5 nitrogen and oxygen atoms in total. The highest BCUT2D eigenvalue weighted by Crippen LogP contribution is 2.30. The number of benzene rings is 1. The average molecular weight is 311 g/mol. The topological polar surface area (TPSA) is 69.6 Å². The fourth-order valence-corrected chi connectivity index (χ4v) is 2.32. The molecule has 1 saturated carbocycles. The number of nitrogens with zero attached hydrogens (tertiary/aromatic N) is 1. The van der Waals surface area contributed by atoms with Crippen LogP contribution in [0.2, 0.25) is 5.02 Å². The highest BCUT2D eigenvalue weighted by Gasteiger charge is 2.28. The number of amides is 2. The van der Waals surface area contributed by atoms with Crippen molar-refractivity contribution in [1.29, 1.82) is 0 Å². The monoisotopic (exact) mass is 310 g/mol. The van der Waals surface area contributed by atoms with Crippen molar-refractivity contribution >= 4 is 29.3 Å². The first-order valence-electron chi connectivity index (χ1n) is 6.98. The Morgan fingerprint density at radius 2 is 2.05 bits per heavy atom. The highest BCUT2D eigenvalue weighted by molar-refractivity contribution is 6.31. The highest BCUT2D eigenvalue weighted by atomic mass is 35.5. The van der Waals surface area contributed by atoms with Gasteiger partial charge in [-0.2, -0.15) is 0 Å². The van der Waals surface area contributed by atoms with Gasteiger partial charge >= 0.3 is 12.0 Å². The summed E-state index contributed by atoms with van der Waals surface area (Å²) in [5.74, 6) is -0.487. The van der Waals surface area contributed by atoms with Gasteiger partial charge in [-0.15, -0.1) is 0 Å². The van der Waals surface area contributed by atoms with E-state index in [0.29, 0.717) is 11.6 Å². The second-order valence-corrected chi connectivity index (χ2v) is 6.09. The zero-order chi connectivity index (χ0) is 15.6. The number of carbonyl (C=O) groups excluding carboxylic acids is 1. The number of hydrogen-bond donors (Lipinski definition) is 2. The first kappa shape index (κ1) is 15.6. The minimum absolute atomic E-state index is 0.0519. The lowest BCUT2D eigenvalue weighted by molar-refractivity contribution is 0.0697. The van der Waals surface area contributed by atoms with Crippen molar-refractivity contribution in [2.24, 2.45) is 5.92 Å². The number of carboxylic acids is 1. The van der Waals surface area contributed by atoms with Crippen molar-refractivity contribution in [2.75, 3.05) is 11.9 Å². The molecule has 0 heterocycles. The molecule has 0 aliphatic heterocycles. The summed E-state index contributed by atoms with van der Waals surface area (Å²) in [6, 6.07) is 4.16. The molecular formula is C15H19ClN2O3. The molecule has 0 spiro atoms. The number of urea groups is 1.